The lowest BCUT2D eigenvalue weighted by atomic mass is 9.47. The molecule has 1 saturated heterocycles. The first-order valence-electron chi connectivity index (χ1n) is 15.8. The van der Waals surface area contributed by atoms with E-state index in [-0.39, 0.29) is 42.0 Å². The van der Waals surface area contributed by atoms with Crippen molar-refractivity contribution in [2.75, 3.05) is 33.4 Å². The van der Waals surface area contributed by atoms with Crippen LogP contribution in [-0.2, 0) is 19.0 Å². The van der Waals surface area contributed by atoms with Gasteiger partial charge in [0.05, 0.1) is 5.92 Å². The van der Waals surface area contributed by atoms with Gasteiger partial charge in [0.15, 0.2) is 0 Å². The molecule has 0 radical (unpaired) electrons. The Bertz CT molecular complexity index is 1190. The van der Waals surface area contributed by atoms with Crippen LogP contribution in [-0.4, -0.2) is 61.5 Å². The number of likely N-dealkylation sites (tertiary alicyclic amines) is 1. The molecule has 6 atom stereocenters. The Labute approximate surface area is 244 Å². The summed E-state index contributed by atoms with van der Waals surface area (Å²) in [5, 5.41) is 0. The number of esters is 1. The first kappa shape index (κ1) is 28.4. The number of hydrogen-bond donors (Lipinski definition) is 0. The summed E-state index contributed by atoms with van der Waals surface area (Å²) in [7, 11) is 2.06. The van der Waals surface area contributed by atoms with Crippen LogP contribution >= 0.6 is 0 Å². The molecule has 41 heavy (non-hydrogen) atoms. The molecule has 5 aliphatic rings. The van der Waals surface area contributed by atoms with Gasteiger partial charge in [-0.1, -0.05) is 37.6 Å². The molecular formula is C34H46N2O5. The van der Waals surface area contributed by atoms with E-state index in [2.05, 4.69) is 55.1 Å². The summed E-state index contributed by atoms with van der Waals surface area (Å²) in [6.07, 6.45) is 17.1. The summed E-state index contributed by atoms with van der Waals surface area (Å²) in [6.45, 7) is 6.89. The van der Waals surface area contributed by atoms with Gasteiger partial charge in [0.2, 0.25) is 0 Å². The van der Waals surface area contributed by atoms with Crippen molar-refractivity contribution >= 4 is 17.7 Å². The van der Waals surface area contributed by atoms with E-state index in [1.807, 2.05) is 12.4 Å². The number of ether oxygens (including phenoxy) is 3. The lowest BCUT2D eigenvalue weighted by Crippen LogP contribution is -2.50. The Hall–Kier alpha value is -2.67. The molecule has 2 heterocycles. The molecule has 1 aliphatic heterocycles. The maximum atomic E-state index is 12.4. The average Bonchev–Trinajstić information content (AvgIpc) is 3.33. The van der Waals surface area contributed by atoms with Crippen LogP contribution in [0.25, 0.3) is 5.57 Å². The van der Waals surface area contributed by atoms with Crippen LogP contribution in [0.5, 0.6) is 0 Å². The Morgan fingerprint density at radius 2 is 1.76 bits per heavy atom. The lowest BCUT2D eigenvalue weighted by Gasteiger charge is -2.57. The summed E-state index contributed by atoms with van der Waals surface area (Å²) >= 11 is 0. The van der Waals surface area contributed by atoms with Gasteiger partial charge < -0.3 is 19.1 Å². The number of nitrogens with zero attached hydrogens (tertiary/aromatic N) is 2. The van der Waals surface area contributed by atoms with Crippen LogP contribution in [0.1, 0.15) is 77.2 Å². The first-order chi connectivity index (χ1) is 19.8. The highest BCUT2D eigenvalue weighted by Crippen LogP contribution is 2.66. The summed E-state index contributed by atoms with van der Waals surface area (Å²) in [4.78, 5) is 31.3. The van der Waals surface area contributed by atoms with Crippen molar-refractivity contribution < 1.29 is 23.8 Å². The van der Waals surface area contributed by atoms with Crippen molar-refractivity contribution in [2.45, 2.75) is 77.7 Å². The Morgan fingerprint density at radius 1 is 0.976 bits per heavy atom. The minimum atomic E-state index is -0.656. The third-order valence-corrected chi connectivity index (χ3v) is 11.5. The van der Waals surface area contributed by atoms with Crippen LogP contribution < -0.4 is 0 Å². The number of carbonyl (C=O) groups is 2. The number of aromatic nitrogens is 1. The molecule has 2 saturated carbocycles. The Kier molecular flexibility index (Phi) is 8.01. The molecule has 7 heteroatoms. The molecule has 0 unspecified atom stereocenters. The van der Waals surface area contributed by atoms with Crippen LogP contribution in [0.3, 0.4) is 0 Å². The van der Waals surface area contributed by atoms with Crippen molar-refractivity contribution in [3.05, 3.63) is 47.8 Å². The van der Waals surface area contributed by atoms with E-state index in [0.29, 0.717) is 17.8 Å². The van der Waals surface area contributed by atoms with E-state index >= 15 is 0 Å². The zero-order chi connectivity index (χ0) is 28.6. The second-order valence-electron chi connectivity index (χ2n) is 13.6. The second kappa shape index (κ2) is 11.5. The first-order valence-corrected chi connectivity index (χ1v) is 15.8. The molecule has 0 amide bonds. The molecule has 0 spiro atoms. The molecule has 4 aliphatic carbocycles. The normalized spacial score (nSPS) is 35.3. The van der Waals surface area contributed by atoms with Crippen molar-refractivity contribution in [1.82, 2.24) is 9.88 Å². The van der Waals surface area contributed by atoms with Crippen LogP contribution in [0, 0.1) is 34.5 Å². The molecule has 3 fully saturated rings. The van der Waals surface area contributed by atoms with Gasteiger partial charge in [-0.15, -0.1) is 0 Å². The predicted molar refractivity (Wildman–Crippen MR) is 157 cm³/mol. The SMILES string of the molecule is CN1CCC(C(=O)OCCOC(=O)O[C@H]2CC[C@@]3(C)C(=CC[C@@H]4[C@@H]3CC[C@]3(C)C(c5cccnc5)=CC[C@@H]43)C2)CC1. The molecule has 0 aromatic carbocycles. The minimum Gasteiger partial charge on any atom is -0.462 e. The van der Waals surface area contributed by atoms with Gasteiger partial charge in [0.25, 0.3) is 0 Å². The van der Waals surface area contributed by atoms with E-state index in [4.69, 9.17) is 14.2 Å². The third kappa shape index (κ3) is 5.47. The van der Waals surface area contributed by atoms with Gasteiger partial charge >= 0.3 is 12.1 Å². The molecule has 0 N–H and O–H groups in total. The summed E-state index contributed by atoms with van der Waals surface area (Å²) in [6, 6.07) is 4.27. The molecular weight excluding hydrogens is 516 g/mol. The largest absolute Gasteiger partial charge is 0.508 e. The number of allylic oxidation sites excluding steroid dienone is 3. The van der Waals surface area contributed by atoms with Gasteiger partial charge in [-0.25, -0.2) is 4.79 Å². The smallest absolute Gasteiger partial charge is 0.462 e. The van der Waals surface area contributed by atoms with Gasteiger partial charge in [0.1, 0.15) is 19.3 Å². The van der Waals surface area contributed by atoms with Crippen LogP contribution in [0.2, 0.25) is 0 Å². The fourth-order valence-electron chi connectivity index (χ4n) is 9.06. The second-order valence-corrected chi connectivity index (χ2v) is 13.6. The van der Waals surface area contributed by atoms with Crippen molar-refractivity contribution in [3.8, 4) is 0 Å². The monoisotopic (exact) mass is 562 g/mol. The highest BCUT2D eigenvalue weighted by Gasteiger charge is 2.57. The third-order valence-electron chi connectivity index (χ3n) is 11.5. The highest BCUT2D eigenvalue weighted by molar-refractivity contribution is 5.73. The van der Waals surface area contributed by atoms with Crippen LogP contribution in [0.15, 0.2) is 42.3 Å². The molecule has 1 aromatic rings. The molecule has 7 nitrogen and oxygen atoms in total. The van der Waals surface area contributed by atoms with Crippen molar-refractivity contribution in [3.63, 3.8) is 0 Å². The number of hydrogen-bond acceptors (Lipinski definition) is 7. The number of fused-ring (bicyclic) bond motifs is 5. The van der Waals surface area contributed by atoms with E-state index < -0.39 is 6.16 Å². The van der Waals surface area contributed by atoms with E-state index in [9.17, 15) is 9.59 Å². The predicted octanol–water partition coefficient (Wildman–Crippen LogP) is 6.44. The van der Waals surface area contributed by atoms with E-state index in [1.165, 1.54) is 29.6 Å². The quantitative estimate of drug-likeness (QED) is 0.224. The summed E-state index contributed by atoms with van der Waals surface area (Å²) in [5.74, 6) is 1.79. The van der Waals surface area contributed by atoms with E-state index in [1.54, 1.807) is 0 Å². The van der Waals surface area contributed by atoms with Gasteiger partial charge in [0, 0.05) is 18.8 Å². The van der Waals surface area contributed by atoms with Crippen molar-refractivity contribution in [1.29, 1.82) is 0 Å². The van der Waals surface area contributed by atoms with Gasteiger partial charge in [-0.3, -0.25) is 9.78 Å². The minimum absolute atomic E-state index is 0.0311. The van der Waals surface area contributed by atoms with Crippen LogP contribution in [0.4, 0.5) is 4.79 Å². The topological polar surface area (TPSA) is 78.0 Å². The molecule has 6 rings (SSSR count). The zero-order valence-electron chi connectivity index (χ0n) is 25.0. The maximum absolute atomic E-state index is 12.4. The summed E-state index contributed by atoms with van der Waals surface area (Å²) < 4.78 is 16.4. The fraction of sp³-hybridized carbons (Fsp3) is 0.676. The van der Waals surface area contributed by atoms with Gasteiger partial charge in [-0.2, -0.15) is 0 Å². The summed E-state index contributed by atoms with van der Waals surface area (Å²) in [5.41, 5.74) is 4.65. The maximum Gasteiger partial charge on any atom is 0.508 e. The molecule has 0 bridgehead atoms. The average molecular weight is 563 g/mol. The van der Waals surface area contributed by atoms with Gasteiger partial charge in [-0.05, 0) is 117 Å². The zero-order valence-corrected chi connectivity index (χ0v) is 25.0. The molecule has 1 aromatic heterocycles. The fourth-order valence-corrected chi connectivity index (χ4v) is 9.06. The number of rotatable bonds is 6. The number of piperidine rings is 1. The number of pyridine rings is 1. The Morgan fingerprint density at radius 3 is 2.54 bits per heavy atom. The molecule has 222 valence electrons. The Balaban J connectivity index is 0.998. The lowest BCUT2D eigenvalue weighted by molar-refractivity contribution is -0.151. The standard InChI is InChI=1S/C34H46N2O5/c1-33-14-10-26(41-32(38)40-20-19-39-31(37)23-12-17-36(3)18-13-23)21-25(33)6-7-27-29-9-8-28(24-5-4-16-35-22-24)34(29,2)15-11-30(27)33/h4-6,8,16,22-23,26-27,29-30H,7,9-15,17-21H2,1-3H3/t26-,27-,29-,30-,33-,34+/m0/s1. The van der Waals surface area contributed by atoms with E-state index in [0.717, 1.165) is 58.0 Å². The highest BCUT2D eigenvalue weighted by atomic mass is 16.7. The number of carbonyl (C=O) groups excluding carboxylic acids is 2. The van der Waals surface area contributed by atoms with Crippen molar-refractivity contribution in [2.24, 2.45) is 34.5 Å².